The van der Waals surface area contributed by atoms with E-state index >= 15 is 0 Å². The lowest BCUT2D eigenvalue weighted by atomic mass is 10.2. The number of nitrogens with zero attached hydrogens (tertiary/aromatic N) is 3. The van der Waals surface area contributed by atoms with Gasteiger partial charge in [0.1, 0.15) is 11.4 Å². The summed E-state index contributed by atoms with van der Waals surface area (Å²) < 4.78 is 4.94. The van der Waals surface area contributed by atoms with Crippen molar-refractivity contribution in [3.05, 3.63) is 46.3 Å². The molecule has 0 bridgehead atoms. The van der Waals surface area contributed by atoms with E-state index in [0.717, 1.165) is 17.5 Å². The van der Waals surface area contributed by atoms with Crippen LogP contribution >= 0.6 is 11.8 Å². The van der Waals surface area contributed by atoms with Gasteiger partial charge in [-0.3, -0.25) is 14.9 Å². The zero-order valence-corrected chi connectivity index (χ0v) is 13.3. The van der Waals surface area contributed by atoms with Crippen molar-refractivity contribution in [3.8, 4) is 5.75 Å². The normalized spacial score (nSPS) is 10.2. The molecule has 0 spiro atoms. The van der Waals surface area contributed by atoms with E-state index in [0.29, 0.717) is 10.9 Å². The van der Waals surface area contributed by atoms with Crippen LogP contribution in [-0.4, -0.2) is 33.7 Å². The monoisotopic (exact) mass is 334 g/mol. The summed E-state index contributed by atoms with van der Waals surface area (Å²) >= 11 is 1.16. The minimum atomic E-state index is -0.574. The maximum absolute atomic E-state index is 12.0. The van der Waals surface area contributed by atoms with Crippen LogP contribution in [0.5, 0.6) is 5.75 Å². The molecule has 9 heteroatoms. The van der Waals surface area contributed by atoms with Gasteiger partial charge in [0.05, 0.1) is 23.9 Å². The average Bonchev–Trinajstić information content (AvgIpc) is 2.53. The maximum Gasteiger partial charge on any atom is 0.296 e. The van der Waals surface area contributed by atoms with Crippen molar-refractivity contribution in [1.82, 2.24) is 9.97 Å². The number of thioether (sulfide) groups is 1. The standard InChI is InChI=1S/C14H14N4O4S/c1-9-5-6-15-14(16-9)23-8-13(19)17-11-4-3-10(22-2)7-12(11)18(20)21/h3-7H,8H2,1-2H3,(H,17,19). The number of carbonyl (C=O) groups excluding carboxylic acids is 1. The Morgan fingerprint density at radius 3 is 2.87 bits per heavy atom. The minimum absolute atomic E-state index is 0.0483. The summed E-state index contributed by atoms with van der Waals surface area (Å²) in [4.78, 5) is 30.6. The molecule has 1 aromatic heterocycles. The number of aryl methyl sites for hydroxylation is 1. The van der Waals surface area contributed by atoms with Crippen LogP contribution in [0.25, 0.3) is 0 Å². The molecule has 1 amide bonds. The molecule has 0 atom stereocenters. The lowest BCUT2D eigenvalue weighted by Gasteiger charge is -2.07. The van der Waals surface area contributed by atoms with Gasteiger partial charge in [0.15, 0.2) is 5.16 Å². The summed E-state index contributed by atoms with van der Waals surface area (Å²) in [6.07, 6.45) is 1.61. The van der Waals surface area contributed by atoms with Gasteiger partial charge in [-0.05, 0) is 25.1 Å². The molecule has 0 fully saturated rings. The first-order valence-electron chi connectivity index (χ1n) is 6.54. The Morgan fingerprint density at radius 1 is 1.43 bits per heavy atom. The molecule has 2 aromatic rings. The largest absolute Gasteiger partial charge is 0.496 e. The first-order chi connectivity index (χ1) is 11.0. The van der Waals surface area contributed by atoms with Crippen molar-refractivity contribution in [2.45, 2.75) is 12.1 Å². The van der Waals surface area contributed by atoms with Gasteiger partial charge in [-0.2, -0.15) is 0 Å². The van der Waals surface area contributed by atoms with E-state index in [-0.39, 0.29) is 23.0 Å². The topological polar surface area (TPSA) is 107 Å². The summed E-state index contributed by atoms with van der Waals surface area (Å²) in [5.74, 6) is 0.0118. The Hall–Kier alpha value is -2.68. The second-order valence-corrected chi connectivity index (χ2v) is 5.40. The number of amides is 1. The first-order valence-corrected chi connectivity index (χ1v) is 7.53. The summed E-state index contributed by atoms with van der Waals surface area (Å²) in [5, 5.41) is 14.1. The number of methoxy groups -OCH3 is 1. The first kappa shape index (κ1) is 16.7. The smallest absolute Gasteiger partial charge is 0.296 e. The highest BCUT2D eigenvalue weighted by Gasteiger charge is 2.17. The number of aromatic nitrogens is 2. The molecule has 0 unspecified atom stereocenters. The third-order valence-corrected chi connectivity index (χ3v) is 3.64. The molecule has 0 saturated heterocycles. The third kappa shape index (κ3) is 4.65. The van der Waals surface area contributed by atoms with Crippen molar-refractivity contribution in [3.63, 3.8) is 0 Å². The molecule has 0 aliphatic heterocycles. The van der Waals surface area contributed by atoms with Crippen LogP contribution in [0.3, 0.4) is 0 Å². The number of rotatable bonds is 6. The average molecular weight is 334 g/mol. The molecule has 23 heavy (non-hydrogen) atoms. The highest BCUT2D eigenvalue weighted by Crippen LogP contribution is 2.29. The highest BCUT2D eigenvalue weighted by atomic mass is 32.2. The lowest BCUT2D eigenvalue weighted by Crippen LogP contribution is -2.15. The summed E-state index contributed by atoms with van der Waals surface area (Å²) in [7, 11) is 1.41. The Morgan fingerprint density at radius 2 is 2.22 bits per heavy atom. The predicted molar refractivity (Wildman–Crippen MR) is 85.8 cm³/mol. The highest BCUT2D eigenvalue weighted by molar-refractivity contribution is 7.99. The fraction of sp³-hybridized carbons (Fsp3) is 0.214. The molecule has 0 saturated carbocycles. The van der Waals surface area contributed by atoms with Gasteiger partial charge < -0.3 is 10.1 Å². The van der Waals surface area contributed by atoms with Crippen LogP contribution in [-0.2, 0) is 4.79 Å². The van der Waals surface area contributed by atoms with Gasteiger partial charge in [0.2, 0.25) is 5.91 Å². The van der Waals surface area contributed by atoms with Crippen LogP contribution < -0.4 is 10.1 Å². The van der Waals surface area contributed by atoms with Gasteiger partial charge in [0.25, 0.3) is 5.69 Å². The molecule has 0 aliphatic carbocycles. The summed E-state index contributed by atoms with van der Waals surface area (Å²) in [6, 6.07) is 5.99. The molecule has 0 aliphatic rings. The fourth-order valence-electron chi connectivity index (χ4n) is 1.71. The zero-order chi connectivity index (χ0) is 16.8. The Labute approximate surface area is 136 Å². The zero-order valence-electron chi connectivity index (χ0n) is 12.5. The van der Waals surface area contributed by atoms with Gasteiger partial charge in [-0.1, -0.05) is 11.8 Å². The summed E-state index contributed by atoms with van der Waals surface area (Å²) in [6.45, 7) is 1.83. The molecule has 120 valence electrons. The molecular formula is C14H14N4O4S. The molecule has 8 nitrogen and oxygen atoms in total. The molecule has 1 heterocycles. The number of hydrogen-bond donors (Lipinski definition) is 1. The van der Waals surface area contributed by atoms with E-state index in [9.17, 15) is 14.9 Å². The minimum Gasteiger partial charge on any atom is -0.496 e. The molecule has 0 radical (unpaired) electrons. The number of nitro benzene ring substituents is 1. The van der Waals surface area contributed by atoms with E-state index < -0.39 is 4.92 Å². The van der Waals surface area contributed by atoms with E-state index in [1.54, 1.807) is 18.3 Å². The number of ether oxygens (including phenoxy) is 1. The quantitative estimate of drug-likeness (QED) is 0.374. The van der Waals surface area contributed by atoms with Crippen molar-refractivity contribution < 1.29 is 14.5 Å². The van der Waals surface area contributed by atoms with Crippen LogP contribution in [0.2, 0.25) is 0 Å². The van der Waals surface area contributed by atoms with Gasteiger partial charge in [-0.25, -0.2) is 9.97 Å². The Kier molecular flexibility index (Phi) is 5.47. The van der Waals surface area contributed by atoms with E-state index in [4.69, 9.17) is 4.74 Å². The van der Waals surface area contributed by atoms with Crippen LogP contribution in [0, 0.1) is 17.0 Å². The predicted octanol–water partition coefficient (Wildman–Crippen LogP) is 2.43. The fourth-order valence-corrected chi connectivity index (χ4v) is 2.38. The SMILES string of the molecule is COc1ccc(NC(=O)CSc2nccc(C)n2)c([N+](=O)[O-])c1. The Bertz CT molecular complexity index is 738. The second-order valence-electron chi connectivity index (χ2n) is 4.46. The molecule has 1 aromatic carbocycles. The van der Waals surface area contributed by atoms with Crippen molar-refractivity contribution in [2.75, 3.05) is 18.2 Å². The van der Waals surface area contributed by atoms with Crippen molar-refractivity contribution in [2.24, 2.45) is 0 Å². The van der Waals surface area contributed by atoms with Crippen LogP contribution in [0.1, 0.15) is 5.69 Å². The van der Waals surface area contributed by atoms with Crippen molar-refractivity contribution in [1.29, 1.82) is 0 Å². The lowest BCUT2D eigenvalue weighted by molar-refractivity contribution is -0.384. The van der Waals surface area contributed by atoms with Crippen LogP contribution in [0.4, 0.5) is 11.4 Å². The maximum atomic E-state index is 12.0. The number of nitro groups is 1. The second kappa shape index (κ2) is 7.54. The number of carbonyl (C=O) groups is 1. The number of hydrogen-bond acceptors (Lipinski definition) is 7. The van der Waals surface area contributed by atoms with Gasteiger partial charge in [-0.15, -0.1) is 0 Å². The number of nitrogens with one attached hydrogen (secondary N) is 1. The number of anilines is 1. The van der Waals surface area contributed by atoms with E-state index in [2.05, 4.69) is 15.3 Å². The summed E-state index contributed by atoms with van der Waals surface area (Å²) in [5.41, 5.74) is 0.690. The third-order valence-electron chi connectivity index (χ3n) is 2.78. The van der Waals surface area contributed by atoms with Crippen LogP contribution in [0.15, 0.2) is 35.6 Å². The molecule has 2 rings (SSSR count). The van der Waals surface area contributed by atoms with E-state index in [1.165, 1.54) is 19.2 Å². The Balaban J connectivity index is 2.04. The molecule has 1 N–H and O–H groups in total. The van der Waals surface area contributed by atoms with Gasteiger partial charge >= 0.3 is 0 Å². The van der Waals surface area contributed by atoms with E-state index in [1.807, 2.05) is 6.92 Å². The molecular weight excluding hydrogens is 320 g/mol. The van der Waals surface area contributed by atoms with Crippen molar-refractivity contribution >= 4 is 29.0 Å². The van der Waals surface area contributed by atoms with Gasteiger partial charge in [0, 0.05) is 11.9 Å². The number of benzene rings is 1.